The number of amides is 1. The zero-order valence-corrected chi connectivity index (χ0v) is 7.19. The molecule has 0 radical (unpaired) electrons. The third kappa shape index (κ3) is 2.38. The van der Waals surface area contributed by atoms with E-state index in [0.29, 0.717) is 0 Å². The predicted molar refractivity (Wildman–Crippen MR) is 48.6 cm³/mol. The summed E-state index contributed by atoms with van der Waals surface area (Å²) in [6, 6.07) is 5.44. The average molecular weight is 192 g/mol. The topological polar surface area (TPSA) is 93.4 Å². The summed E-state index contributed by atoms with van der Waals surface area (Å²) in [7, 11) is 0. The molecule has 0 aliphatic rings. The summed E-state index contributed by atoms with van der Waals surface area (Å²) in [6.07, 6.45) is -0.277. The van der Waals surface area contributed by atoms with Crippen molar-refractivity contribution in [2.75, 3.05) is 5.32 Å². The van der Waals surface area contributed by atoms with Gasteiger partial charge in [0.15, 0.2) is 0 Å². The average Bonchev–Trinajstić information content (AvgIpc) is 2.10. The van der Waals surface area contributed by atoms with Gasteiger partial charge >= 0.3 is 0 Å². The molecule has 5 heteroatoms. The number of nitrogens with one attached hydrogen (secondary N) is 1. The molecule has 0 saturated heterocycles. The third-order valence-electron chi connectivity index (χ3n) is 1.50. The molecular formula is C9H8N2O3. The van der Waals surface area contributed by atoms with Crippen LogP contribution >= 0.6 is 0 Å². The normalized spacial score (nSPS) is 9.07. The fraction of sp³-hybridized carbons (Fsp3) is 0.111. The number of aromatic hydroxyl groups is 2. The van der Waals surface area contributed by atoms with Crippen LogP contribution in [-0.4, -0.2) is 16.1 Å². The minimum atomic E-state index is -0.506. The highest BCUT2D eigenvalue weighted by molar-refractivity contribution is 5.93. The maximum Gasteiger partial charge on any atom is 0.238 e. The molecule has 0 aliphatic heterocycles. The summed E-state index contributed by atoms with van der Waals surface area (Å²) in [5.74, 6) is -0.842. The van der Waals surface area contributed by atoms with E-state index in [1.54, 1.807) is 6.07 Å². The van der Waals surface area contributed by atoms with Crippen molar-refractivity contribution in [2.45, 2.75) is 6.42 Å². The summed E-state index contributed by atoms with van der Waals surface area (Å²) in [4.78, 5) is 10.9. The predicted octanol–water partition coefficient (Wildman–Crippen LogP) is 0.950. The quantitative estimate of drug-likeness (QED) is 0.480. The Hall–Kier alpha value is -2.22. The zero-order valence-electron chi connectivity index (χ0n) is 7.19. The van der Waals surface area contributed by atoms with Crippen molar-refractivity contribution in [3.63, 3.8) is 0 Å². The van der Waals surface area contributed by atoms with Gasteiger partial charge in [0.1, 0.15) is 17.9 Å². The van der Waals surface area contributed by atoms with E-state index < -0.39 is 5.91 Å². The van der Waals surface area contributed by atoms with Crippen LogP contribution in [0.5, 0.6) is 11.5 Å². The van der Waals surface area contributed by atoms with Gasteiger partial charge in [-0.25, -0.2) is 0 Å². The summed E-state index contributed by atoms with van der Waals surface area (Å²) >= 11 is 0. The number of benzene rings is 1. The molecule has 0 spiro atoms. The van der Waals surface area contributed by atoms with E-state index in [-0.39, 0.29) is 23.6 Å². The molecule has 1 aromatic rings. The fourth-order valence-corrected chi connectivity index (χ4v) is 0.892. The van der Waals surface area contributed by atoms with Gasteiger partial charge in [0.25, 0.3) is 0 Å². The lowest BCUT2D eigenvalue weighted by Crippen LogP contribution is -2.09. The highest BCUT2D eigenvalue weighted by atomic mass is 16.3. The van der Waals surface area contributed by atoms with Crippen molar-refractivity contribution in [1.82, 2.24) is 0 Å². The van der Waals surface area contributed by atoms with E-state index in [1.807, 2.05) is 0 Å². The second-order valence-corrected chi connectivity index (χ2v) is 2.58. The first-order chi connectivity index (χ1) is 6.63. The number of hydrogen-bond donors (Lipinski definition) is 3. The Labute approximate surface area is 80.2 Å². The lowest BCUT2D eigenvalue weighted by atomic mass is 10.2. The van der Waals surface area contributed by atoms with Gasteiger partial charge in [0, 0.05) is 6.07 Å². The molecule has 72 valence electrons. The second kappa shape index (κ2) is 4.14. The van der Waals surface area contributed by atoms with Crippen LogP contribution in [0.15, 0.2) is 18.2 Å². The van der Waals surface area contributed by atoms with Gasteiger partial charge in [0.05, 0.1) is 11.8 Å². The van der Waals surface area contributed by atoms with Gasteiger partial charge in [-0.3, -0.25) is 4.79 Å². The van der Waals surface area contributed by atoms with Gasteiger partial charge in [-0.2, -0.15) is 5.26 Å². The first-order valence-electron chi connectivity index (χ1n) is 3.82. The molecule has 0 atom stereocenters. The number of carbonyl (C=O) groups excluding carboxylic acids is 1. The van der Waals surface area contributed by atoms with Crippen LogP contribution in [0.4, 0.5) is 5.69 Å². The lowest BCUT2D eigenvalue weighted by molar-refractivity contribution is -0.115. The van der Waals surface area contributed by atoms with E-state index in [4.69, 9.17) is 10.4 Å². The van der Waals surface area contributed by atoms with Gasteiger partial charge in [-0.05, 0) is 12.1 Å². The maximum absolute atomic E-state index is 10.9. The van der Waals surface area contributed by atoms with Crippen LogP contribution < -0.4 is 5.32 Å². The van der Waals surface area contributed by atoms with Crippen LogP contribution in [-0.2, 0) is 4.79 Å². The number of hydrogen-bond acceptors (Lipinski definition) is 4. The Morgan fingerprint density at radius 3 is 2.79 bits per heavy atom. The number of rotatable bonds is 2. The highest BCUT2D eigenvalue weighted by Crippen LogP contribution is 2.27. The largest absolute Gasteiger partial charge is 0.508 e. The maximum atomic E-state index is 10.9. The Kier molecular flexibility index (Phi) is 2.92. The number of phenols is 2. The number of anilines is 1. The molecule has 0 bridgehead atoms. The Morgan fingerprint density at radius 1 is 1.50 bits per heavy atom. The molecule has 0 saturated carbocycles. The summed E-state index contributed by atoms with van der Waals surface area (Å²) in [5, 5.41) is 28.7. The molecule has 0 aromatic heterocycles. The van der Waals surface area contributed by atoms with Crippen molar-refractivity contribution < 1.29 is 15.0 Å². The van der Waals surface area contributed by atoms with Crippen molar-refractivity contribution >= 4 is 11.6 Å². The van der Waals surface area contributed by atoms with Crippen LogP contribution in [0, 0.1) is 11.3 Å². The van der Waals surface area contributed by atoms with Gasteiger partial charge in [0.2, 0.25) is 5.91 Å². The minimum absolute atomic E-state index is 0.0965. The number of carbonyl (C=O) groups is 1. The van der Waals surface area contributed by atoms with Crippen molar-refractivity contribution in [3.05, 3.63) is 18.2 Å². The number of phenolic OH excluding ortho intramolecular Hbond substituents is 2. The standard InChI is InChI=1S/C9H8N2O3/c10-4-3-9(14)11-7-2-1-6(12)5-8(7)13/h1-2,5,12-13H,3H2,(H,11,14). The van der Waals surface area contributed by atoms with Gasteiger partial charge < -0.3 is 15.5 Å². The smallest absolute Gasteiger partial charge is 0.238 e. The zero-order chi connectivity index (χ0) is 10.6. The Morgan fingerprint density at radius 2 is 2.21 bits per heavy atom. The van der Waals surface area contributed by atoms with Gasteiger partial charge in [-0.15, -0.1) is 0 Å². The van der Waals surface area contributed by atoms with E-state index in [0.717, 1.165) is 6.07 Å². The SMILES string of the molecule is N#CCC(=O)Nc1ccc(O)cc1O. The van der Waals surface area contributed by atoms with Crippen molar-refractivity contribution in [1.29, 1.82) is 5.26 Å². The third-order valence-corrected chi connectivity index (χ3v) is 1.50. The highest BCUT2D eigenvalue weighted by Gasteiger charge is 2.05. The minimum Gasteiger partial charge on any atom is -0.508 e. The molecule has 3 N–H and O–H groups in total. The van der Waals surface area contributed by atoms with E-state index in [9.17, 15) is 9.90 Å². The van der Waals surface area contributed by atoms with Crippen LogP contribution in [0.2, 0.25) is 0 Å². The fourth-order valence-electron chi connectivity index (χ4n) is 0.892. The first kappa shape index (κ1) is 9.86. The van der Waals surface area contributed by atoms with Crippen LogP contribution in [0.3, 0.4) is 0 Å². The molecule has 5 nitrogen and oxygen atoms in total. The second-order valence-electron chi connectivity index (χ2n) is 2.58. The van der Waals surface area contributed by atoms with Crippen LogP contribution in [0.1, 0.15) is 6.42 Å². The Bertz CT molecular complexity index is 396. The number of nitrogens with zero attached hydrogens (tertiary/aromatic N) is 1. The molecule has 14 heavy (non-hydrogen) atoms. The molecule has 0 aliphatic carbocycles. The van der Waals surface area contributed by atoms with Crippen molar-refractivity contribution in [3.8, 4) is 17.6 Å². The van der Waals surface area contributed by atoms with Crippen LogP contribution in [0.25, 0.3) is 0 Å². The molecule has 1 aromatic carbocycles. The van der Waals surface area contributed by atoms with Crippen molar-refractivity contribution in [2.24, 2.45) is 0 Å². The molecule has 1 rings (SSSR count). The number of nitriles is 1. The first-order valence-corrected chi connectivity index (χ1v) is 3.82. The Balaban J connectivity index is 2.78. The molecule has 0 fully saturated rings. The van der Waals surface area contributed by atoms with E-state index in [2.05, 4.69) is 5.32 Å². The van der Waals surface area contributed by atoms with E-state index in [1.165, 1.54) is 12.1 Å². The molecule has 0 unspecified atom stereocenters. The van der Waals surface area contributed by atoms with Gasteiger partial charge in [-0.1, -0.05) is 0 Å². The summed E-state index contributed by atoms with van der Waals surface area (Å²) < 4.78 is 0. The monoisotopic (exact) mass is 192 g/mol. The van der Waals surface area contributed by atoms with E-state index >= 15 is 0 Å². The molecule has 1 amide bonds. The molecule has 0 heterocycles. The summed E-state index contributed by atoms with van der Waals surface area (Å²) in [6.45, 7) is 0. The summed E-state index contributed by atoms with van der Waals surface area (Å²) in [5.41, 5.74) is 0.169. The lowest BCUT2D eigenvalue weighted by Gasteiger charge is -2.05. The molecular weight excluding hydrogens is 184 g/mol.